The highest BCUT2D eigenvalue weighted by molar-refractivity contribution is 7.19. The maximum atomic E-state index is 12.8. The second-order valence-electron chi connectivity index (χ2n) is 7.63. The first kappa shape index (κ1) is 18.2. The van der Waals surface area contributed by atoms with Crippen molar-refractivity contribution in [3.63, 3.8) is 0 Å². The molecule has 1 fully saturated rings. The van der Waals surface area contributed by atoms with E-state index in [1.54, 1.807) is 11.3 Å². The van der Waals surface area contributed by atoms with Gasteiger partial charge in [0.15, 0.2) is 5.78 Å². The lowest BCUT2D eigenvalue weighted by Crippen LogP contribution is -2.36. The molecule has 4 rings (SSSR count). The van der Waals surface area contributed by atoms with Gasteiger partial charge in [-0.2, -0.15) is 0 Å². The van der Waals surface area contributed by atoms with E-state index in [-0.39, 0.29) is 11.2 Å². The van der Waals surface area contributed by atoms with Crippen LogP contribution >= 0.6 is 34.5 Å². The fourth-order valence-corrected chi connectivity index (χ4v) is 5.59. The Labute approximate surface area is 167 Å². The first-order chi connectivity index (χ1) is 12.3. The number of fused-ring (bicyclic) bond motifs is 1. The van der Waals surface area contributed by atoms with E-state index in [4.69, 9.17) is 27.9 Å². The molecule has 7 heteroatoms. The standard InChI is InChI=1S/C19H20Cl2N2O2S/c1-19(2)9-12-16(11-7-14(20)22-15(21)8-11)18(23-3-5-25-6-4-23)26-17(12)13(24)10-19/h7-8H,3-6,9-10H2,1-2H3. The van der Waals surface area contributed by atoms with Crippen LogP contribution in [-0.2, 0) is 11.2 Å². The summed E-state index contributed by atoms with van der Waals surface area (Å²) in [5, 5.41) is 1.84. The number of carbonyl (C=O) groups is 1. The highest BCUT2D eigenvalue weighted by Crippen LogP contribution is 2.49. The van der Waals surface area contributed by atoms with Crippen molar-refractivity contribution in [2.45, 2.75) is 26.7 Å². The molecule has 0 spiro atoms. The second kappa shape index (κ2) is 6.79. The number of pyridine rings is 1. The fourth-order valence-electron chi connectivity index (χ4n) is 3.80. The van der Waals surface area contributed by atoms with Crippen molar-refractivity contribution in [3.8, 4) is 11.1 Å². The van der Waals surface area contributed by atoms with Crippen molar-refractivity contribution in [2.75, 3.05) is 31.2 Å². The number of morpholine rings is 1. The number of thiophene rings is 1. The van der Waals surface area contributed by atoms with Gasteiger partial charge in [0.25, 0.3) is 0 Å². The van der Waals surface area contributed by atoms with Crippen LogP contribution in [0.1, 0.15) is 35.5 Å². The van der Waals surface area contributed by atoms with Gasteiger partial charge in [-0.1, -0.05) is 37.0 Å². The van der Waals surface area contributed by atoms with Gasteiger partial charge in [-0.25, -0.2) is 4.98 Å². The van der Waals surface area contributed by atoms with Crippen molar-refractivity contribution in [1.82, 2.24) is 4.98 Å². The van der Waals surface area contributed by atoms with E-state index in [1.807, 2.05) is 12.1 Å². The minimum atomic E-state index is -0.0528. The highest BCUT2D eigenvalue weighted by atomic mass is 35.5. The molecular weight excluding hydrogens is 391 g/mol. The minimum Gasteiger partial charge on any atom is -0.378 e. The Kier molecular flexibility index (Phi) is 4.76. The molecule has 1 aliphatic carbocycles. The van der Waals surface area contributed by atoms with Crippen LogP contribution in [0.15, 0.2) is 12.1 Å². The summed E-state index contributed by atoms with van der Waals surface area (Å²) in [6.45, 7) is 7.32. The molecular formula is C19H20Cl2N2O2S. The van der Waals surface area contributed by atoms with E-state index >= 15 is 0 Å². The average molecular weight is 411 g/mol. The first-order valence-corrected chi connectivity index (χ1v) is 10.3. The molecule has 0 saturated carbocycles. The number of carbonyl (C=O) groups excluding carboxylic acids is 1. The average Bonchev–Trinajstić information content (AvgIpc) is 2.93. The molecule has 0 radical (unpaired) electrons. The zero-order valence-electron chi connectivity index (χ0n) is 14.8. The SMILES string of the molecule is CC1(C)CC(=O)c2sc(N3CCOCC3)c(-c3cc(Cl)nc(Cl)c3)c2C1. The molecule has 4 nitrogen and oxygen atoms in total. The smallest absolute Gasteiger partial charge is 0.173 e. The van der Waals surface area contributed by atoms with Crippen LogP contribution in [0.2, 0.25) is 10.3 Å². The van der Waals surface area contributed by atoms with E-state index < -0.39 is 0 Å². The largest absolute Gasteiger partial charge is 0.378 e. The highest BCUT2D eigenvalue weighted by Gasteiger charge is 2.37. The summed E-state index contributed by atoms with van der Waals surface area (Å²) in [6, 6.07) is 3.68. The van der Waals surface area contributed by atoms with Crippen molar-refractivity contribution in [2.24, 2.45) is 5.41 Å². The van der Waals surface area contributed by atoms with Crippen LogP contribution in [0.25, 0.3) is 11.1 Å². The third-order valence-corrected chi connectivity index (χ3v) is 6.61. The summed E-state index contributed by atoms with van der Waals surface area (Å²) in [4.78, 5) is 20.1. The maximum Gasteiger partial charge on any atom is 0.173 e. The van der Waals surface area contributed by atoms with Crippen molar-refractivity contribution >= 4 is 45.3 Å². The topological polar surface area (TPSA) is 42.4 Å². The number of Topliss-reactive ketones (excluding diaryl/α,β-unsaturated/α-hetero) is 1. The normalized spacial score (nSPS) is 19.5. The molecule has 0 bridgehead atoms. The second-order valence-corrected chi connectivity index (χ2v) is 9.41. The van der Waals surface area contributed by atoms with Crippen LogP contribution in [-0.4, -0.2) is 37.1 Å². The monoisotopic (exact) mass is 410 g/mol. The van der Waals surface area contributed by atoms with Gasteiger partial charge in [0.05, 0.1) is 23.1 Å². The molecule has 26 heavy (non-hydrogen) atoms. The molecule has 138 valence electrons. The molecule has 2 aromatic rings. The lowest BCUT2D eigenvalue weighted by Gasteiger charge is -2.30. The summed E-state index contributed by atoms with van der Waals surface area (Å²) in [6.07, 6.45) is 1.45. The van der Waals surface area contributed by atoms with Crippen LogP contribution in [0.3, 0.4) is 0 Å². The molecule has 2 aromatic heterocycles. The number of aromatic nitrogens is 1. The van der Waals surface area contributed by atoms with Crippen LogP contribution in [0.4, 0.5) is 5.00 Å². The van der Waals surface area contributed by atoms with Gasteiger partial charge in [-0.3, -0.25) is 4.79 Å². The number of ether oxygens (including phenoxy) is 1. The Bertz CT molecular complexity index is 852. The predicted octanol–water partition coefficient (Wildman–Crippen LogP) is 5.11. The van der Waals surface area contributed by atoms with Crippen LogP contribution in [0, 0.1) is 5.41 Å². The van der Waals surface area contributed by atoms with Gasteiger partial charge in [0, 0.05) is 25.1 Å². The van der Waals surface area contributed by atoms with Gasteiger partial charge in [-0.05, 0) is 35.1 Å². The molecule has 2 aliphatic rings. The Morgan fingerprint density at radius 3 is 2.46 bits per heavy atom. The first-order valence-electron chi connectivity index (χ1n) is 8.69. The lowest BCUT2D eigenvalue weighted by atomic mass is 9.75. The predicted molar refractivity (Wildman–Crippen MR) is 107 cm³/mol. The zero-order valence-corrected chi connectivity index (χ0v) is 17.1. The van der Waals surface area contributed by atoms with Crippen molar-refractivity contribution in [3.05, 3.63) is 32.9 Å². The summed E-state index contributed by atoms with van der Waals surface area (Å²) in [5.74, 6) is 0.230. The number of rotatable bonds is 2. The van der Waals surface area contributed by atoms with E-state index in [0.717, 1.165) is 46.1 Å². The van der Waals surface area contributed by atoms with Gasteiger partial charge in [0.1, 0.15) is 10.3 Å². The van der Waals surface area contributed by atoms with Gasteiger partial charge >= 0.3 is 0 Å². The molecule has 3 heterocycles. The molecule has 1 aliphatic heterocycles. The number of hydrogen-bond acceptors (Lipinski definition) is 5. The van der Waals surface area contributed by atoms with Crippen LogP contribution < -0.4 is 4.90 Å². The number of halogens is 2. The quantitative estimate of drug-likeness (QED) is 0.645. The summed E-state index contributed by atoms with van der Waals surface area (Å²) in [5.41, 5.74) is 3.08. The Morgan fingerprint density at radius 2 is 1.81 bits per heavy atom. The Balaban J connectivity index is 1.93. The molecule has 0 N–H and O–H groups in total. The van der Waals surface area contributed by atoms with Crippen molar-refractivity contribution < 1.29 is 9.53 Å². The van der Waals surface area contributed by atoms with Gasteiger partial charge in [-0.15, -0.1) is 11.3 Å². The third-order valence-electron chi connectivity index (χ3n) is 4.89. The minimum absolute atomic E-state index is 0.0528. The molecule has 0 atom stereocenters. The summed E-state index contributed by atoms with van der Waals surface area (Å²) in [7, 11) is 0. The maximum absolute atomic E-state index is 12.8. The number of anilines is 1. The van der Waals surface area contributed by atoms with Gasteiger partial charge in [0.2, 0.25) is 0 Å². The van der Waals surface area contributed by atoms with E-state index in [2.05, 4.69) is 23.7 Å². The zero-order chi connectivity index (χ0) is 18.5. The fraction of sp³-hybridized carbons (Fsp3) is 0.474. The Morgan fingerprint density at radius 1 is 1.15 bits per heavy atom. The molecule has 1 saturated heterocycles. The molecule has 0 aromatic carbocycles. The van der Waals surface area contributed by atoms with E-state index in [1.165, 1.54) is 0 Å². The number of ketones is 1. The van der Waals surface area contributed by atoms with E-state index in [9.17, 15) is 4.79 Å². The third kappa shape index (κ3) is 3.38. The summed E-state index contributed by atoms with van der Waals surface area (Å²) >= 11 is 14.0. The lowest BCUT2D eigenvalue weighted by molar-refractivity contribution is 0.0918. The van der Waals surface area contributed by atoms with E-state index in [0.29, 0.717) is 29.9 Å². The molecule has 0 unspecified atom stereocenters. The Hall–Kier alpha value is -1.14. The molecule has 0 amide bonds. The number of hydrogen-bond donors (Lipinski definition) is 0. The van der Waals surface area contributed by atoms with Gasteiger partial charge < -0.3 is 9.64 Å². The summed E-state index contributed by atoms with van der Waals surface area (Å²) < 4.78 is 5.51. The van der Waals surface area contributed by atoms with Crippen molar-refractivity contribution in [1.29, 1.82) is 0 Å². The number of nitrogens with zero attached hydrogens (tertiary/aromatic N) is 2. The van der Waals surface area contributed by atoms with Crippen LogP contribution in [0.5, 0.6) is 0 Å².